The quantitative estimate of drug-likeness (QED) is 0.482. The number of ether oxygens (including phenoxy) is 1. The second kappa shape index (κ2) is 7.85. The molecule has 1 aromatic carbocycles. The van der Waals surface area contributed by atoms with E-state index in [-0.39, 0.29) is 23.8 Å². The molecular formula is C17H20N4O6. The van der Waals surface area contributed by atoms with Gasteiger partial charge in [-0.05, 0) is 32.9 Å². The Morgan fingerprint density at radius 2 is 1.93 bits per heavy atom. The lowest BCUT2D eigenvalue weighted by molar-refractivity contribution is -0.384. The van der Waals surface area contributed by atoms with E-state index in [2.05, 4.69) is 15.0 Å². The van der Waals surface area contributed by atoms with Gasteiger partial charge in [0.15, 0.2) is 5.69 Å². The second-order valence-corrected chi connectivity index (χ2v) is 6.61. The topological polar surface area (TPSA) is 128 Å². The Balaban J connectivity index is 2.15. The first-order valence-electron chi connectivity index (χ1n) is 7.97. The average molecular weight is 376 g/mol. The zero-order valence-electron chi connectivity index (χ0n) is 15.4. The van der Waals surface area contributed by atoms with Gasteiger partial charge in [-0.25, -0.2) is 14.6 Å². The summed E-state index contributed by atoms with van der Waals surface area (Å²) in [4.78, 5) is 39.8. The summed E-state index contributed by atoms with van der Waals surface area (Å²) >= 11 is 0. The first kappa shape index (κ1) is 19.9. The number of esters is 1. The number of oxazole rings is 1. The maximum absolute atomic E-state index is 12.7. The minimum Gasteiger partial charge on any atom is -0.464 e. The van der Waals surface area contributed by atoms with E-state index in [1.54, 1.807) is 0 Å². The molecule has 2 rings (SSSR count). The number of methoxy groups -OCH3 is 1. The summed E-state index contributed by atoms with van der Waals surface area (Å²) in [6, 6.07) is 5.03. The molecular weight excluding hydrogens is 356 g/mol. The molecule has 2 amide bonds. The molecule has 0 unspecified atom stereocenters. The highest BCUT2D eigenvalue weighted by molar-refractivity contribution is 5.90. The van der Waals surface area contributed by atoms with Gasteiger partial charge < -0.3 is 19.4 Å². The molecule has 1 aromatic heterocycles. The second-order valence-electron chi connectivity index (χ2n) is 6.61. The van der Waals surface area contributed by atoms with Crippen LogP contribution in [0.5, 0.6) is 0 Å². The van der Waals surface area contributed by atoms with Gasteiger partial charge in [-0.1, -0.05) is 0 Å². The Hall–Kier alpha value is -3.43. The van der Waals surface area contributed by atoms with Gasteiger partial charge in [0.1, 0.15) is 6.26 Å². The lowest BCUT2D eigenvalue weighted by Crippen LogP contribution is -2.47. The highest BCUT2D eigenvalue weighted by Crippen LogP contribution is 2.21. The van der Waals surface area contributed by atoms with Gasteiger partial charge in [0.05, 0.1) is 18.6 Å². The number of amides is 2. The first-order chi connectivity index (χ1) is 12.6. The number of carbonyl (C=O) groups is 2. The molecule has 0 aliphatic heterocycles. The Morgan fingerprint density at radius 1 is 1.30 bits per heavy atom. The van der Waals surface area contributed by atoms with Crippen molar-refractivity contribution in [2.24, 2.45) is 0 Å². The number of nitrogens with zero attached hydrogens (tertiary/aromatic N) is 3. The molecule has 10 heteroatoms. The standard InChI is InChI=1S/C17H20N4O6/c1-17(2,3)20(9-14-19-13(10-27-14)15(22)26-4)16(23)18-11-5-7-12(8-6-11)21(24)25/h5-8,10H,9H2,1-4H3,(H,18,23). The molecule has 0 aliphatic carbocycles. The van der Waals surface area contributed by atoms with Gasteiger partial charge in [0.2, 0.25) is 5.89 Å². The molecule has 0 spiro atoms. The summed E-state index contributed by atoms with van der Waals surface area (Å²) in [5.74, 6) is -0.466. The van der Waals surface area contributed by atoms with Crippen LogP contribution in [0, 0.1) is 10.1 Å². The van der Waals surface area contributed by atoms with Crippen molar-refractivity contribution in [1.82, 2.24) is 9.88 Å². The minimum absolute atomic E-state index is 0.0112. The van der Waals surface area contributed by atoms with Crippen molar-refractivity contribution < 1.29 is 23.7 Å². The molecule has 10 nitrogen and oxygen atoms in total. The number of non-ortho nitro benzene ring substituents is 1. The van der Waals surface area contributed by atoms with Gasteiger partial charge in [-0.3, -0.25) is 10.1 Å². The Kier molecular flexibility index (Phi) is 5.78. The van der Waals surface area contributed by atoms with E-state index in [0.29, 0.717) is 5.69 Å². The Bertz CT molecular complexity index is 838. The maximum atomic E-state index is 12.7. The van der Waals surface area contributed by atoms with Crippen LogP contribution in [0.4, 0.5) is 16.2 Å². The number of rotatable bonds is 5. The SMILES string of the molecule is COC(=O)c1coc(CN(C(=O)Nc2ccc([N+](=O)[O-])cc2)C(C)(C)C)n1. The number of nitro benzene ring substituents is 1. The molecule has 0 bridgehead atoms. The normalized spacial score (nSPS) is 11.0. The van der Waals surface area contributed by atoms with Crippen molar-refractivity contribution in [2.75, 3.05) is 12.4 Å². The molecule has 0 radical (unpaired) electrons. The lowest BCUT2D eigenvalue weighted by atomic mass is 10.1. The highest BCUT2D eigenvalue weighted by Gasteiger charge is 2.29. The van der Waals surface area contributed by atoms with Gasteiger partial charge in [0.25, 0.3) is 5.69 Å². The third-order valence-corrected chi connectivity index (χ3v) is 3.62. The summed E-state index contributed by atoms with van der Waals surface area (Å²) in [5.41, 5.74) is -0.249. The predicted octanol–water partition coefficient (Wildman–Crippen LogP) is 3.20. The number of carbonyl (C=O) groups excluding carboxylic acids is 2. The number of benzene rings is 1. The molecule has 0 aliphatic rings. The van der Waals surface area contributed by atoms with Gasteiger partial charge in [-0.2, -0.15) is 0 Å². The zero-order valence-corrected chi connectivity index (χ0v) is 15.4. The smallest absolute Gasteiger partial charge is 0.360 e. The van der Waals surface area contributed by atoms with Crippen LogP contribution in [-0.4, -0.2) is 39.5 Å². The van der Waals surface area contributed by atoms with Crippen LogP contribution in [0.1, 0.15) is 37.2 Å². The van der Waals surface area contributed by atoms with E-state index in [9.17, 15) is 19.7 Å². The molecule has 0 saturated heterocycles. The lowest BCUT2D eigenvalue weighted by Gasteiger charge is -2.34. The van der Waals surface area contributed by atoms with Crippen molar-refractivity contribution >= 4 is 23.4 Å². The van der Waals surface area contributed by atoms with Crippen LogP contribution in [0.2, 0.25) is 0 Å². The summed E-state index contributed by atoms with van der Waals surface area (Å²) in [7, 11) is 1.23. The van der Waals surface area contributed by atoms with E-state index in [1.807, 2.05) is 20.8 Å². The first-order valence-corrected chi connectivity index (χ1v) is 7.97. The van der Waals surface area contributed by atoms with Crippen LogP contribution in [0.25, 0.3) is 0 Å². The largest absolute Gasteiger partial charge is 0.464 e. The predicted molar refractivity (Wildman–Crippen MR) is 95.3 cm³/mol. The summed E-state index contributed by atoms with van der Waals surface area (Å²) in [6.07, 6.45) is 1.16. The number of hydrogen-bond donors (Lipinski definition) is 1. The van der Waals surface area contributed by atoms with Crippen molar-refractivity contribution in [3.05, 3.63) is 52.2 Å². The highest BCUT2D eigenvalue weighted by atomic mass is 16.6. The van der Waals surface area contributed by atoms with Crippen molar-refractivity contribution in [3.8, 4) is 0 Å². The molecule has 0 saturated carbocycles. The number of urea groups is 1. The van der Waals surface area contributed by atoms with Crippen LogP contribution >= 0.6 is 0 Å². The van der Waals surface area contributed by atoms with E-state index >= 15 is 0 Å². The number of aromatic nitrogens is 1. The molecule has 27 heavy (non-hydrogen) atoms. The van der Waals surface area contributed by atoms with Gasteiger partial charge in [-0.15, -0.1) is 0 Å². The van der Waals surface area contributed by atoms with Crippen LogP contribution < -0.4 is 5.32 Å². The van der Waals surface area contributed by atoms with Crippen LogP contribution in [0.15, 0.2) is 34.9 Å². The van der Waals surface area contributed by atoms with Crippen molar-refractivity contribution in [2.45, 2.75) is 32.9 Å². The van der Waals surface area contributed by atoms with Gasteiger partial charge in [0, 0.05) is 23.4 Å². The van der Waals surface area contributed by atoms with Crippen molar-refractivity contribution in [3.63, 3.8) is 0 Å². The molecule has 0 fully saturated rings. The van der Waals surface area contributed by atoms with E-state index < -0.39 is 22.5 Å². The number of hydrogen-bond acceptors (Lipinski definition) is 7. The van der Waals surface area contributed by atoms with Crippen LogP contribution in [0.3, 0.4) is 0 Å². The summed E-state index contributed by atoms with van der Waals surface area (Å²) < 4.78 is 9.82. The molecule has 2 aromatic rings. The number of anilines is 1. The minimum atomic E-state index is -0.636. The van der Waals surface area contributed by atoms with E-state index in [0.717, 1.165) is 6.26 Å². The number of nitro groups is 1. The third kappa shape index (κ3) is 5.03. The maximum Gasteiger partial charge on any atom is 0.360 e. The van der Waals surface area contributed by atoms with Crippen LogP contribution in [-0.2, 0) is 11.3 Å². The molecule has 144 valence electrons. The summed E-state index contributed by atoms with van der Waals surface area (Å²) in [5, 5.41) is 13.4. The van der Waals surface area contributed by atoms with Gasteiger partial charge >= 0.3 is 12.0 Å². The fraction of sp³-hybridized carbons (Fsp3) is 0.353. The molecule has 1 heterocycles. The third-order valence-electron chi connectivity index (χ3n) is 3.62. The van der Waals surface area contributed by atoms with E-state index in [1.165, 1.54) is 36.3 Å². The van der Waals surface area contributed by atoms with Crippen molar-refractivity contribution in [1.29, 1.82) is 0 Å². The molecule has 1 N–H and O–H groups in total. The number of nitrogens with one attached hydrogen (secondary N) is 1. The monoisotopic (exact) mass is 376 g/mol. The summed E-state index contributed by atoms with van der Waals surface area (Å²) in [6.45, 7) is 5.49. The van der Waals surface area contributed by atoms with E-state index in [4.69, 9.17) is 4.42 Å². The average Bonchev–Trinajstić information content (AvgIpc) is 3.07. The zero-order chi connectivity index (χ0) is 20.2. The Morgan fingerprint density at radius 3 is 2.44 bits per heavy atom. The Labute approximate surface area is 155 Å². The molecule has 0 atom stereocenters. The fourth-order valence-electron chi connectivity index (χ4n) is 2.19. The fourth-order valence-corrected chi connectivity index (χ4v) is 2.19.